The molecular formula is C82H104N4O6. The second-order valence-corrected chi connectivity index (χ2v) is 25.7. The Morgan fingerprint density at radius 2 is 0.424 bits per heavy atom. The molecule has 9 rings (SSSR count). The number of aromatic nitrogens is 4. The summed E-state index contributed by atoms with van der Waals surface area (Å²) in [6, 6.07) is 41.0. The van der Waals surface area contributed by atoms with Crippen LogP contribution in [0.25, 0.3) is 78.0 Å². The largest absolute Gasteiger partial charge is 0.494 e. The molecule has 0 amide bonds. The molecule has 2 aromatic heterocycles. The van der Waals surface area contributed by atoms with Gasteiger partial charge < -0.3 is 18.9 Å². The standard InChI is InChI=1S/C82H104N4O6/c1-5-9-13-17-21-25-29-33-53-89-65-45-37-61(38-46-65)69-57-73-75(59-71(69)63-41-49-67(50-42-63)91-55-35-31-27-23-19-15-11-7-3)85-79-77(83-73)78-80(82(88)81(79)87)86-76-60-72(64-43-51-68(52-44-64)92-56-36-32-28-24-20-16-12-8-4)70(58-74(76)84-78)62-39-47-66(48-40-62)90-54-34-30-26-22-18-14-10-6-2/h37-52,57-60H,5-36,53-56H2,1-4H3. The molecule has 0 bridgehead atoms. The predicted octanol–water partition coefficient (Wildman–Crippen LogP) is 23.4. The zero-order chi connectivity index (χ0) is 64.0. The Morgan fingerprint density at radius 1 is 0.239 bits per heavy atom. The van der Waals surface area contributed by atoms with Gasteiger partial charge in [0.15, 0.2) is 0 Å². The highest BCUT2D eigenvalue weighted by atomic mass is 16.5. The van der Waals surface area contributed by atoms with Crippen LogP contribution in [0.4, 0.5) is 0 Å². The first-order valence-corrected chi connectivity index (χ1v) is 36.1. The van der Waals surface area contributed by atoms with Crippen molar-refractivity contribution >= 4 is 33.6 Å². The summed E-state index contributed by atoms with van der Waals surface area (Å²) in [5.41, 5.74) is 10.0. The van der Waals surface area contributed by atoms with E-state index in [9.17, 15) is 9.59 Å². The van der Waals surface area contributed by atoms with Gasteiger partial charge in [-0.1, -0.05) is 256 Å². The number of fused-ring (bicyclic) bond motifs is 5. The SMILES string of the molecule is CCCCCCCCCCOc1ccc(-c2cc3nc4c(nc3cc2-c2ccc(OCCCCCCCCCC)cc2)-c2nc3cc(-c5ccc(OCCCCCCCCCC)cc5)c(-c5ccc(OCCCCCCCCCC)cc5)cc3nc2C(=O)C4=O)cc1. The molecule has 1 aliphatic carbocycles. The van der Waals surface area contributed by atoms with Crippen molar-refractivity contribution in [2.75, 3.05) is 26.4 Å². The molecule has 1 aliphatic rings. The van der Waals surface area contributed by atoms with E-state index in [4.69, 9.17) is 38.9 Å². The topological polar surface area (TPSA) is 123 Å². The second kappa shape index (κ2) is 37.9. The molecule has 488 valence electrons. The molecular weight excluding hydrogens is 1140 g/mol. The Kier molecular flexibility index (Phi) is 28.4. The molecule has 10 nitrogen and oxygen atoms in total. The van der Waals surface area contributed by atoms with E-state index in [0.29, 0.717) is 48.5 Å². The van der Waals surface area contributed by atoms with Crippen molar-refractivity contribution in [2.45, 2.75) is 233 Å². The van der Waals surface area contributed by atoms with Gasteiger partial charge in [-0.15, -0.1) is 0 Å². The summed E-state index contributed by atoms with van der Waals surface area (Å²) in [7, 11) is 0. The van der Waals surface area contributed by atoms with E-state index >= 15 is 0 Å². The number of rotatable bonds is 44. The van der Waals surface area contributed by atoms with E-state index in [1.165, 1.54) is 180 Å². The van der Waals surface area contributed by atoms with Crippen molar-refractivity contribution in [3.63, 3.8) is 0 Å². The summed E-state index contributed by atoms with van der Waals surface area (Å²) in [5, 5.41) is 0. The lowest BCUT2D eigenvalue weighted by atomic mass is 9.92. The van der Waals surface area contributed by atoms with Crippen molar-refractivity contribution in [1.82, 2.24) is 19.9 Å². The molecule has 0 unspecified atom stereocenters. The van der Waals surface area contributed by atoms with Crippen molar-refractivity contribution in [3.05, 3.63) is 133 Å². The first kappa shape index (κ1) is 68.9. The number of ketones is 2. The van der Waals surface area contributed by atoms with E-state index in [0.717, 1.165) is 93.2 Å². The van der Waals surface area contributed by atoms with Gasteiger partial charge in [-0.05, 0) is 143 Å². The van der Waals surface area contributed by atoms with Crippen LogP contribution in [0, 0.1) is 0 Å². The van der Waals surface area contributed by atoms with Gasteiger partial charge in [0.1, 0.15) is 45.8 Å². The van der Waals surface area contributed by atoms with Gasteiger partial charge in [-0.2, -0.15) is 0 Å². The maximum atomic E-state index is 14.4. The molecule has 10 heteroatoms. The third-order valence-electron chi connectivity index (χ3n) is 18.2. The molecule has 0 fully saturated rings. The maximum Gasteiger partial charge on any atom is 0.255 e. The summed E-state index contributed by atoms with van der Waals surface area (Å²) in [5.74, 6) is 1.78. The highest BCUT2D eigenvalue weighted by molar-refractivity contribution is 6.52. The minimum atomic E-state index is -0.758. The number of benzene rings is 6. The number of carbonyl (C=O) groups excluding carboxylic acids is 2. The summed E-state index contributed by atoms with van der Waals surface area (Å²) in [6.07, 6.45) is 39.8. The second-order valence-electron chi connectivity index (χ2n) is 25.7. The smallest absolute Gasteiger partial charge is 0.255 e. The Labute approximate surface area is 550 Å². The van der Waals surface area contributed by atoms with Crippen molar-refractivity contribution in [1.29, 1.82) is 0 Å². The van der Waals surface area contributed by atoms with Crippen LogP contribution < -0.4 is 18.9 Å². The molecule has 8 aromatic rings. The first-order chi connectivity index (χ1) is 45.3. The number of hydrogen-bond acceptors (Lipinski definition) is 10. The average Bonchev–Trinajstić information content (AvgIpc) is 0.741. The van der Waals surface area contributed by atoms with E-state index in [-0.39, 0.29) is 22.8 Å². The van der Waals surface area contributed by atoms with E-state index in [2.05, 4.69) is 76.2 Å². The summed E-state index contributed by atoms with van der Waals surface area (Å²) in [4.78, 5) is 49.2. The first-order valence-electron chi connectivity index (χ1n) is 36.1. The highest BCUT2D eigenvalue weighted by Gasteiger charge is 2.37. The number of Topliss-reactive ketones (excluding diaryl/α,β-unsaturated/α-hetero) is 2. The molecule has 0 N–H and O–H groups in total. The maximum absolute atomic E-state index is 14.4. The van der Waals surface area contributed by atoms with Crippen molar-refractivity contribution in [3.8, 4) is 78.9 Å². The van der Waals surface area contributed by atoms with Crippen LogP contribution in [0.5, 0.6) is 23.0 Å². The zero-order valence-electron chi connectivity index (χ0n) is 56.2. The molecule has 0 spiro atoms. The summed E-state index contributed by atoms with van der Waals surface area (Å²) >= 11 is 0. The molecule has 2 heterocycles. The molecule has 6 aromatic carbocycles. The lowest BCUT2D eigenvalue weighted by Crippen LogP contribution is -2.25. The molecule has 0 saturated heterocycles. The number of unbranched alkanes of at least 4 members (excludes halogenated alkanes) is 28. The Bertz CT molecular complexity index is 3290. The Morgan fingerprint density at radius 3 is 0.630 bits per heavy atom. The van der Waals surface area contributed by atoms with Gasteiger partial charge in [0.25, 0.3) is 11.6 Å². The Balaban J connectivity index is 1.00. The van der Waals surface area contributed by atoms with Crippen LogP contribution in [-0.2, 0) is 0 Å². The number of carbonyl (C=O) groups is 2. The molecule has 92 heavy (non-hydrogen) atoms. The van der Waals surface area contributed by atoms with Gasteiger partial charge in [-0.3, -0.25) is 9.59 Å². The third-order valence-corrected chi connectivity index (χ3v) is 18.2. The highest BCUT2D eigenvalue weighted by Crippen LogP contribution is 2.41. The fraction of sp³-hybridized carbons (Fsp3) is 0.488. The van der Waals surface area contributed by atoms with Crippen LogP contribution in [0.3, 0.4) is 0 Å². The van der Waals surface area contributed by atoms with Crippen molar-refractivity contribution in [2.24, 2.45) is 0 Å². The molecule has 0 atom stereocenters. The average molecular weight is 1240 g/mol. The van der Waals surface area contributed by atoms with E-state index < -0.39 is 11.6 Å². The number of nitrogens with zero attached hydrogens (tertiary/aromatic N) is 4. The minimum Gasteiger partial charge on any atom is -0.494 e. The van der Waals surface area contributed by atoms with Crippen molar-refractivity contribution < 1.29 is 28.5 Å². The van der Waals surface area contributed by atoms with Gasteiger partial charge in [0, 0.05) is 0 Å². The fourth-order valence-corrected chi connectivity index (χ4v) is 12.6. The van der Waals surface area contributed by atoms with Gasteiger partial charge in [-0.25, -0.2) is 19.9 Å². The van der Waals surface area contributed by atoms with Crippen LogP contribution in [0.1, 0.15) is 254 Å². The van der Waals surface area contributed by atoms with E-state index in [1.807, 2.05) is 72.8 Å². The minimum absolute atomic E-state index is 0.0332. The normalized spacial score (nSPS) is 12.0. The predicted molar refractivity (Wildman–Crippen MR) is 381 cm³/mol. The molecule has 0 radical (unpaired) electrons. The fourth-order valence-electron chi connectivity index (χ4n) is 12.6. The summed E-state index contributed by atoms with van der Waals surface area (Å²) in [6.45, 7) is 11.7. The number of hydrogen-bond donors (Lipinski definition) is 0. The van der Waals surface area contributed by atoms with Crippen LogP contribution in [0.15, 0.2) is 121 Å². The lowest BCUT2D eigenvalue weighted by Gasteiger charge is -2.19. The van der Waals surface area contributed by atoms with Gasteiger partial charge >= 0.3 is 0 Å². The zero-order valence-corrected chi connectivity index (χ0v) is 56.2. The monoisotopic (exact) mass is 1240 g/mol. The Hall–Kier alpha value is -7.46. The van der Waals surface area contributed by atoms with Crippen LogP contribution in [-0.4, -0.2) is 57.9 Å². The molecule has 0 saturated carbocycles. The number of ether oxygens (including phenoxy) is 4. The lowest BCUT2D eigenvalue weighted by molar-refractivity contribution is 0.0809. The summed E-state index contributed by atoms with van der Waals surface area (Å²) < 4.78 is 25.0. The quantitative estimate of drug-likeness (QED) is 0.0269. The third kappa shape index (κ3) is 20.3. The van der Waals surface area contributed by atoms with Gasteiger partial charge in [0.2, 0.25) is 0 Å². The molecule has 0 aliphatic heterocycles. The van der Waals surface area contributed by atoms with Crippen LogP contribution >= 0.6 is 0 Å². The van der Waals surface area contributed by atoms with Gasteiger partial charge in [0.05, 0.1) is 48.5 Å². The van der Waals surface area contributed by atoms with E-state index in [1.54, 1.807) is 0 Å². The van der Waals surface area contributed by atoms with Crippen LogP contribution in [0.2, 0.25) is 0 Å².